The van der Waals surface area contributed by atoms with Crippen LogP contribution in [0, 0.1) is 0 Å². The fourth-order valence-corrected chi connectivity index (χ4v) is 0. The largest absolute Gasteiger partial charge is 2.00 e. The quantitative estimate of drug-likeness (QED) is 0.343. The van der Waals surface area contributed by atoms with E-state index in [0.717, 1.165) is 8.48 Å². The second-order valence-corrected chi connectivity index (χ2v) is 4.11. The van der Waals surface area contributed by atoms with Gasteiger partial charge in [-0.25, -0.2) is 16.8 Å². The molecule has 0 radical (unpaired) electrons. The van der Waals surface area contributed by atoms with Crippen LogP contribution >= 0.6 is 23.6 Å². The van der Waals surface area contributed by atoms with E-state index in [0.29, 0.717) is 0 Å². The van der Waals surface area contributed by atoms with Gasteiger partial charge in [-0.3, -0.25) is 0 Å². The fraction of sp³-hybridized carbons (Fsp3) is 0. The standard InChI is InChI=1S/Ca.2ClH2NO3S/c;2*1-2-6(3,4)5/h;2*2H,(H,3,4,5)/q+2;;/p-2. The van der Waals surface area contributed by atoms with Gasteiger partial charge in [0.1, 0.15) is 0 Å². The van der Waals surface area contributed by atoms with Gasteiger partial charge in [0.2, 0.25) is 0 Å². The first-order valence-corrected chi connectivity index (χ1v) is 5.36. The van der Waals surface area contributed by atoms with E-state index in [1.165, 1.54) is 0 Å². The molecule has 0 amide bonds. The molecule has 0 saturated carbocycles. The van der Waals surface area contributed by atoms with Gasteiger partial charge in [0.25, 0.3) is 0 Å². The summed E-state index contributed by atoms with van der Waals surface area (Å²) in [6, 6.07) is 0. The van der Waals surface area contributed by atoms with Crippen LogP contribution in [0.25, 0.3) is 0 Å². The molecule has 8 nitrogen and oxygen atoms in total. The van der Waals surface area contributed by atoms with Crippen molar-refractivity contribution in [3.8, 4) is 0 Å². The van der Waals surface area contributed by atoms with E-state index in [-0.39, 0.29) is 37.7 Å². The molecule has 13 heavy (non-hydrogen) atoms. The van der Waals surface area contributed by atoms with Crippen LogP contribution in [0.15, 0.2) is 0 Å². The zero-order chi connectivity index (χ0) is 10.4. The average molecular weight is 301 g/mol. The van der Waals surface area contributed by atoms with Gasteiger partial charge in [0, 0.05) is 0 Å². The molecule has 0 saturated heterocycles. The first kappa shape index (κ1) is 20.1. The Bertz CT molecular complexity index is 263. The molecule has 0 aliphatic carbocycles. The minimum atomic E-state index is -4.40. The van der Waals surface area contributed by atoms with Crippen molar-refractivity contribution in [1.82, 2.24) is 8.48 Å². The number of hydrogen-bond acceptors (Lipinski definition) is 6. The molecule has 76 valence electrons. The molecule has 0 bridgehead atoms. The predicted molar refractivity (Wildman–Crippen MR) is 43.1 cm³/mol. The maximum Gasteiger partial charge on any atom is 2.00 e. The van der Waals surface area contributed by atoms with Gasteiger partial charge in [0.15, 0.2) is 20.6 Å². The summed E-state index contributed by atoms with van der Waals surface area (Å²) < 4.78 is 57.2. The molecule has 13 heteroatoms. The van der Waals surface area contributed by atoms with Crippen molar-refractivity contribution in [1.29, 1.82) is 0 Å². The number of hydrogen-bond donors (Lipinski definition) is 2. The summed E-state index contributed by atoms with van der Waals surface area (Å²) in [5, 5.41) is 0. The van der Waals surface area contributed by atoms with Crippen LogP contribution in [0.2, 0.25) is 0 Å². The van der Waals surface area contributed by atoms with E-state index in [2.05, 4.69) is 23.6 Å². The fourth-order valence-electron chi connectivity index (χ4n) is 0. The summed E-state index contributed by atoms with van der Waals surface area (Å²) >= 11 is 8.65. The Hall–Kier alpha value is 1.58. The molecule has 0 heterocycles. The average Bonchev–Trinajstić information content (AvgIpc) is 1.86. The van der Waals surface area contributed by atoms with Crippen LogP contribution in [-0.4, -0.2) is 63.7 Å². The van der Waals surface area contributed by atoms with Crippen molar-refractivity contribution in [2.45, 2.75) is 0 Å². The van der Waals surface area contributed by atoms with E-state index in [1.54, 1.807) is 0 Å². The summed E-state index contributed by atoms with van der Waals surface area (Å²) in [6.45, 7) is 0. The Morgan fingerprint density at radius 2 is 0.923 bits per heavy atom. The summed E-state index contributed by atoms with van der Waals surface area (Å²) in [4.78, 5) is 0. The molecular weight excluding hydrogens is 299 g/mol. The van der Waals surface area contributed by atoms with Crippen LogP contribution in [0.1, 0.15) is 0 Å². The van der Waals surface area contributed by atoms with Crippen molar-refractivity contribution >= 4 is 81.9 Å². The molecule has 0 atom stereocenters. The third-order valence-electron chi connectivity index (χ3n) is 0.189. The smallest absolute Gasteiger partial charge is 0.735 e. The second-order valence-electron chi connectivity index (χ2n) is 1.06. The molecule has 0 unspecified atom stereocenters. The maximum atomic E-state index is 9.20. The zero-order valence-corrected chi connectivity index (χ0v) is 11.1. The summed E-state index contributed by atoms with van der Waals surface area (Å²) in [7, 11) is -8.79. The first-order valence-electron chi connectivity index (χ1n) is 1.79. The summed E-state index contributed by atoms with van der Waals surface area (Å²) in [5.41, 5.74) is 0. The van der Waals surface area contributed by atoms with Crippen molar-refractivity contribution in [2.75, 3.05) is 0 Å². The Morgan fingerprint density at radius 3 is 0.923 bits per heavy atom. The van der Waals surface area contributed by atoms with E-state index < -0.39 is 20.6 Å². The molecule has 0 rings (SSSR count). The van der Waals surface area contributed by atoms with Crippen molar-refractivity contribution < 1.29 is 25.9 Å². The van der Waals surface area contributed by atoms with Crippen molar-refractivity contribution in [3.63, 3.8) is 0 Å². The van der Waals surface area contributed by atoms with Crippen molar-refractivity contribution in [3.05, 3.63) is 0 Å². The van der Waals surface area contributed by atoms with Crippen LogP contribution in [0.3, 0.4) is 0 Å². The third kappa shape index (κ3) is 31.7. The van der Waals surface area contributed by atoms with Gasteiger partial charge in [-0.05, 0) is 23.6 Å². The molecule has 0 aromatic rings. The van der Waals surface area contributed by atoms with Gasteiger partial charge < -0.3 is 9.11 Å². The minimum absolute atomic E-state index is 0. The van der Waals surface area contributed by atoms with Gasteiger partial charge >= 0.3 is 37.7 Å². The first-order chi connectivity index (χ1) is 5.12. The number of rotatable bonds is 2. The molecule has 0 aliphatic rings. The second kappa shape index (κ2) is 8.85. The Morgan fingerprint density at radius 1 is 0.846 bits per heavy atom. The van der Waals surface area contributed by atoms with Crippen molar-refractivity contribution in [2.24, 2.45) is 0 Å². The Kier molecular flexibility index (Phi) is 13.7. The zero-order valence-electron chi connectivity index (χ0n) is 5.73. The topological polar surface area (TPSA) is 138 Å². The molecule has 0 aliphatic heterocycles. The molecule has 0 aromatic heterocycles. The van der Waals surface area contributed by atoms with Gasteiger partial charge in [-0.15, -0.1) is 8.48 Å². The molecule has 0 spiro atoms. The monoisotopic (exact) mass is 300 g/mol. The molecular formula is H2CaCl2N2O6S2. The van der Waals surface area contributed by atoms with E-state index in [4.69, 9.17) is 0 Å². The van der Waals surface area contributed by atoms with Crippen LogP contribution in [0.5, 0.6) is 0 Å². The summed E-state index contributed by atoms with van der Waals surface area (Å²) in [5.74, 6) is 0. The van der Waals surface area contributed by atoms with E-state index in [9.17, 15) is 25.9 Å². The van der Waals surface area contributed by atoms with Crippen LogP contribution in [0.4, 0.5) is 0 Å². The van der Waals surface area contributed by atoms with Gasteiger partial charge in [-0.2, -0.15) is 0 Å². The van der Waals surface area contributed by atoms with E-state index >= 15 is 0 Å². The van der Waals surface area contributed by atoms with Crippen LogP contribution in [-0.2, 0) is 20.6 Å². The van der Waals surface area contributed by atoms with Gasteiger partial charge in [-0.1, -0.05) is 0 Å². The number of nitrogens with one attached hydrogen (secondary N) is 2. The predicted octanol–water partition coefficient (Wildman–Crippen LogP) is -2.00. The van der Waals surface area contributed by atoms with E-state index in [1.807, 2.05) is 0 Å². The normalized spacial score (nSPS) is 10.8. The molecule has 0 fully saturated rings. The Labute approximate surface area is 115 Å². The third-order valence-corrected chi connectivity index (χ3v) is 1.70. The SMILES string of the molecule is O=S(=O)([O-])NCl.O=S(=O)([O-])NCl.[Ca+2]. The molecule has 0 aromatic carbocycles. The number of halogens is 2. The Balaban J connectivity index is -0.000000143. The summed E-state index contributed by atoms with van der Waals surface area (Å²) in [6.07, 6.45) is 0. The van der Waals surface area contributed by atoms with Crippen LogP contribution < -0.4 is 8.48 Å². The maximum absolute atomic E-state index is 9.20. The molecule has 2 N–H and O–H groups in total. The van der Waals surface area contributed by atoms with Gasteiger partial charge in [0.05, 0.1) is 0 Å². The minimum Gasteiger partial charge on any atom is -0.735 e.